The van der Waals surface area contributed by atoms with Crippen LogP contribution in [-0.4, -0.2) is 15.0 Å². The highest BCUT2D eigenvalue weighted by Gasteiger charge is 2.54. The molecule has 8 aromatic carbocycles. The Morgan fingerprint density at radius 3 is 1.47 bits per heavy atom. The Morgan fingerprint density at radius 1 is 0.316 bits per heavy atom. The summed E-state index contributed by atoms with van der Waals surface area (Å²) in [5.74, 6) is 4.81. The van der Waals surface area contributed by atoms with Crippen molar-refractivity contribution in [3.05, 3.63) is 210 Å². The zero-order chi connectivity index (χ0) is 37.5. The standard InChI is InChI=1S/C52H31N3O2/c1-3-14-32(15-4-1)49-53-50(33-16-5-2-6-17-33)55-51(54-49)36-19-13-18-34(30-36)35-26-27-39-40-28-29-46-48(57-45-25-12-11-24-44(45)56-46)47(40)52(43(39)31-35)41-22-9-7-20-37(41)38-21-8-10-23-42(38)52/h1-31H. The molecule has 0 atom stereocenters. The summed E-state index contributed by atoms with van der Waals surface area (Å²) in [6.07, 6.45) is 0. The first kappa shape index (κ1) is 31.7. The van der Waals surface area contributed by atoms with Gasteiger partial charge in [-0.1, -0.05) is 158 Å². The number of ether oxygens (including phenoxy) is 2. The molecule has 1 spiro atoms. The molecule has 2 heterocycles. The van der Waals surface area contributed by atoms with E-state index in [-0.39, 0.29) is 0 Å². The predicted octanol–water partition coefficient (Wildman–Crippen LogP) is 12.8. The van der Waals surface area contributed by atoms with Gasteiger partial charge < -0.3 is 9.47 Å². The molecule has 5 heteroatoms. The fourth-order valence-corrected chi connectivity index (χ4v) is 9.16. The summed E-state index contributed by atoms with van der Waals surface area (Å²) in [6.45, 7) is 0. The summed E-state index contributed by atoms with van der Waals surface area (Å²) in [6, 6.07) is 65.4. The SMILES string of the molecule is c1ccc(-c2nc(-c3ccccc3)nc(-c3cccc(-c4ccc5c(c4)C4(c6ccccc6-c6ccccc64)c4c-5ccc5c4Oc4ccccc4O5)c3)n2)cc1. The van der Waals surface area contributed by atoms with Crippen LogP contribution in [0.25, 0.3) is 67.5 Å². The normalized spacial score (nSPS) is 13.3. The number of fused-ring (bicyclic) bond motifs is 13. The van der Waals surface area contributed by atoms with Gasteiger partial charge in [0.1, 0.15) is 0 Å². The van der Waals surface area contributed by atoms with Crippen LogP contribution in [0.5, 0.6) is 23.0 Å². The van der Waals surface area contributed by atoms with Crippen molar-refractivity contribution in [1.82, 2.24) is 15.0 Å². The van der Waals surface area contributed by atoms with Gasteiger partial charge in [-0.05, 0) is 80.4 Å². The first-order valence-electron chi connectivity index (χ1n) is 19.2. The zero-order valence-corrected chi connectivity index (χ0v) is 30.6. The highest BCUT2D eigenvalue weighted by Crippen LogP contribution is 2.67. The zero-order valence-electron chi connectivity index (χ0n) is 30.6. The number of nitrogens with zero attached hydrogens (tertiary/aromatic N) is 3. The van der Waals surface area contributed by atoms with Crippen molar-refractivity contribution < 1.29 is 9.47 Å². The second kappa shape index (κ2) is 12.2. The van der Waals surface area contributed by atoms with Crippen LogP contribution in [0.15, 0.2) is 188 Å². The molecule has 0 fully saturated rings. The van der Waals surface area contributed by atoms with Gasteiger partial charge >= 0.3 is 0 Å². The van der Waals surface area contributed by atoms with Gasteiger partial charge in [-0.3, -0.25) is 0 Å². The predicted molar refractivity (Wildman–Crippen MR) is 224 cm³/mol. The van der Waals surface area contributed by atoms with Crippen LogP contribution in [0.1, 0.15) is 22.3 Å². The van der Waals surface area contributed by atoms with E-state index < -0.39 is 5.41 Å². The molecular formula is C52H31N3O2. The molecule has 12 rings (SSSR count). The molecule has 0 N–H and O–H groups in total. The lowest BCUT2D eigenvalue weighted by Crippen LogP contribution is -2.27. The molecule has 0 bridgehead atoms. The van der Waals surface area contributed by atoms with E-state index in [1.54, 1.807) is 0 Å². The highest BCUT2D eigenvalue weighted by molar-refractivity contribution is 5.98. The Labute approximate surface area is 329 Å². The molecule has 5 nitrogen and oxygen atoms in total. The van der Waals surface area contributed by atoms with E-state index in [9.17, 15) is 0 Å². The lowest BCUT2D eigenvalue weighted by molar-refractivity contribution is 0.354. The fourth-order valence-electron chi connectivity index (χ4n) is 9.16. The summed E-state index contributed by atoms with van der Waals surface area (Å²) in [5, 5.41) is 0. The fraction of sp³-hybridized carbons (Fsp3) is 0.0192. The maximum Gasteiger partial charge on any atom is 0.175 e. The van der Waals surface area contributed by atoms with Crippen LogP contribution >= 0.6 is 0 Å². The lowest BCUT2D eigenvalue weighted by Gasteiger charge is -2.33. The number of rotatable bonds is 4. The lowest BCUT2D eigenvalue weighted by atomic mass is 9.70. The Kier molecular flexibility index (Phi) is 6.78. The van der Waals surface area contributed by atoms with Gasteiger partial charge in [0, 0.05) is 22.3 Å². The van der Waals surface area contributed by atoms with Gasteiger partial charge in [0.05, 0.1) is 5.41 Å². The summed E-state index contributed by atoms with van der Waals surface area (Å²) < 4.78 is 13.4. The summed E-state index contributed by atoms with van der Waals surface area (Å²) in [4.78, 5) is 15.0. The topological polar surface area (TPSA) is 57.1 Å². The number of benzene rings is 8. The maximum atomic E-state index is 6.89. The largest absolute Gasteiger partial charge is 0.450 e. The molecule has 9 aromatic rings. The number of para-hydroxylation sites is 2. The van der Waals surface area contributed by atoms with E-state index in [1.165, 1.54) is 33.4 Å². The maximum absolute atomic E-state index is 6.89. The number of aromatic nitrogens is 3. The van der Waals surface area contributed by atoms with Crippen LogP contribution in [0, 0.1) is 0 Å². The van der Waals surface area contributed by atoms with Gasteiger partial charge in [-0.15, -0.1) is 0 Å². The minimum atomic E-state index is -0.643. The summed E-state index contributed by atoms with van der Waals surface area (Å²) in [7, 11) is 0. The minimum Gasteiger partial charge on any atom is -0.450 e. The van der Waals surface area contributed by atoms with Gasteiger partial charge in [-0.25, -0.2) is 15.0 Å². The summed E-state index contributed by atoms with van der Waals surface area (Å²) >= 11 is 0. The van der Waals surface area contributed by atoms with E-state index in [0.717, 1.165) is 50.4 Å². The highest BCUT2D eigenvalue weighted by atomic mass is 16.6. The van der Waals surface area contributed by atoms with Crippen LogP contribution in [0.2, 0.25) is 0 Å². The molecule has 1 aliphatic heterocycles. The van der Waals surface area contributed by atoms with Crippen molar-refractivity contribution in [2.24, 2.45) is 0 Å². The van der Waals surface area contributed by atoms with E-state index in [0.29, 0.717) is 29.0 Å². The molecule has 57 heavy (non-hydrogen) atoms. The Bertz CT molecular complexity index is 2980. The van der Waals surface area contributed by atoms with Crippen molar-refractivity contribution in [3.63, 3.8) is 0 Å². The van der Waals surface area contributed by atoms with Crippen molar-refractivity contribution in [3.8, 4) is 90.5 Å². The molecule has 0 radical (unpaired) electrons. The second-order valence-electron chi connectivity index (χ2n) is 14.7. The summed E-state index contributed by atoms with van der Waals surface area (Å²) in [5.41, 5.74) is 13.9. The molecule has 2 aliphatic carbocycles. The Balaban J connectivity index is 1.06. The monoisotopic (exact) mass is 729 g/mol. The van der Waals surface area contributed by atoms with E-state index in [2.05, 4.69) is 103 Å². The van der Waals surface area contributed by atoms with Gasteiger partial charge in [0.2, 0.25) is 0 Å². The van der Waals surface area contributed by atoms with Crippen molar-refractivity contribution in [2.75, 3.05) is 0 Å². The molecule has 0 saturated heterocycles. The number of hydrogen-bond acceptors (Lipinski definition) is 5. The van der Waals surface area contributed by atoms with Gasteiger partial charge in [0.25, 0.3) is 0 Å². The third kappa shape index (κ3) is 4.66. The van der Waals surface area contributed by atoms with Crippen LogP contribution < -0.4 is 9.47 Å². The molecule has 0 saturated carbocycles. The molecular weight excluding hydrogens is 699 g/mol. The average molecular weight is 730 g/mol. The third-order valence-electron chi connectivity index (χ3n) is 11.6. The molecule has 266 valence electrons. The first-order chi connectivity index (χ1) is 28.2. The smallest absolute Gasteiger partial charge is 0.175 e. The quantitative estimate of drug-likeness (QED) is 0.180. The Morgan fingerprint density at radius 2 is 0.807 bits per heavy atom. The average Bonchev–Trinajstić information content (AvgIpc) is 3.76. The van der Waals surface area contributed by atoms with E-state index in [1.807, 2.05) is 84.9 Å². The van der Waals surface area contributed by atoms with Crippen molar-refractivity contribution in [1.29, 1.82) is 0 Å². The third-order valence-corrected chi connectivity index (χ3v) is 11.6. The van der Waals surface area contributed by atoms with E-state index >= 15 is 0 Å². The van der Waals surface area contributed by atoms with Crippen LogP contribution in [0.3, 0.4) is 0 Å². The van der Waals surface area contributed by atoms with Gasteiger partial charge in [0.15, 0.2) is 40.5 Å². The van der Waals surface area contributed by atoms with Crippen molar-refractivity contribution >= 4 is 0 Å². The first-order valence-corrected chi connectivity index (χ1v) is 19.2. The van der Waals surface area contributed by atoms with E-state index in [4.69, 9.17) is 24.4 Å². The minimum absolute atomic E-state index is 0.622. The molecule has 3 aliphatic rings. The van der Waals surface area contributed by atoms with Crippen LogP contribution in [-0.2, 0) is 5.41 Å². The molecule has 1 aromatic heterocycles. The second-order valence-corrected chi connectivity index (χ2v) is 14.7. The number of hydrogen-bond donors (Lipinski definition) is 0. The van der Waals surface area contributed by atoms with Gasteiger partial charge in [-0.2, -0.15) is 0 Å². The van der Waals surface area contributed by atoms with Crippen molar-refractivity contribution in [2.45, 2.75) is 5.41 Å². The molecule has 0 amide bonds. The van der Waals surface area contributed by atoms with Crippen LogP contribution in [0.4, 0.5) is 0 Å². The Hall–Kier alpha value is -7.63. The molecule has 0 unspecified atom stereocenters.